The lowest BCUT2D eigenvalue weighted by molar-refractivity contribution is -0.135. The van der Waals surface area contributed by atoms with Crippen LogP contribution in [0, 0.1) is 11.3 Å². The van der Waals surface area contributed by atoms with Crippen LogP contribution in [0.3, 0.4) is 0 Å². The number of ether oxygens (including phenoxy) is 1. The summed E-state index contributed by atoms with van der Waals surface area (Å²) in [7, 11) is 1.86. The van der Waals surface area contributed by atoms with E-state index >= 15 is 0 Å². The molecule has 0 aromatic carbocycles. The molecule has 0 bridgehead atoms. The first kappa shape index (κ1) is 11.4. The van der Waals surface area contributed by atoms with Gasteiger partial charge in [-0.3, -0.25) is 4.90 Å². The van der Waals surface area contributed by atoms with Crippen molar-refractivity contribution in [3.8, 4) is 6.07 Å². The lowest BCUT2D eigenvalue weighted by atomic mass is 9.95. The van der Waals surface area contributed by atoms with E-state index in [0.717, 1.165) is 6.42 Å². The summed E-state index contributed by atoms with van der Waals surface area (Å²) in [5.74, 6) is 0. The Morgan fingerprint density at radius 1 is 1.57 bits per heavy atom. The maximum absolute atomic E-state index is 9.88. The molecule has 1 aliphatic rings. The average molecular weight is 198 g/mol. The molecule has 1 rings (SSSR count). The molecule has 4 atom stereocenters. The quantitative estimate of drug-likeness (QED) is 0.651. The van der Waals surface area contributed by atoms with E-state index in [2.05, 4.69) is 6.07 Å². The van der Waals surface area contributed by atoms with Crippen molar-refractivity contribution in [1.82, 2.24) is 4.90 Å². The van der Waals surface area contributed by atoms with Gasteiger partial charge in [0, 0.05) is 6.04 Å². The second kappa shape index (κ2) is 4.74. The summed E-state index contributed by atoms with van der Waals surface area (Å²) < 4.78 is 5.50. The highest BCUT2D eigenvalue weighted by molar-refractivity contribution is 4.90. The summed E-state index contributed by atoms with van der Waals surface area (Å²) in [6.45, 7) is 4.21. The molecule has 4 heteroatoms. The van der Waals surface area contributed by atoms with Crippen LogP contribution in [0.5, 0.6) is 0 Å². The summed E-state index contributed by atoms with van der Waals surface area (Å²) in [5, 5.41) is 18.5. The highest BCUT2D eigenvalue weighted by Crippen LogP contribution is 2.23. The number of nitrogens with zero attached hydrogens (tertiary/aromatic N) is 2. The molecule has 2 unspecified atom stereocenters. The van der Waals surface area contributed by atoms with Crippen LogP contribution in [0.4, 0.5) is 0 Å². The van der Waals surface area contributed by atoms with E-state index in [0.29, 0.717) is 6.54 Å². The van der Waals surface area contributed by atoms with Crippen molar-refractivity contribution >= 4 is 0 Å². The monoisotopic (exact) mass is 198 g/mol. The maximum atomic E-state index is 9.88. The second-order valence-electron chi connectivity index (χ2n) is 4.02. The minimum absolute atomic E-state index is 0.0356. The number of hydrogen-bond donors (Lipinski definition) is 1. The van der Waals surface area contributed by atoms with Crippen molar-refractivity contribution in [1.29, 1.82) is 5.26 Å². The molecule has 80 valence electrons. The Bertz CT molecular complexity index is 227. The van der Waals surface area contributed by atoms with Crippen LogP contribution in [0.15, 0.2) is 0 Å². The zero-order valence-electron chi connectivity index (χ0n) is 8.97. The first-order valence-corrected chi connectivity index (χ1v) is 4.97. The predicted octanol–water partition coefficient (Wildman–Crippen LogP) is 0.369. The zero-order chi connectivity index (χ0) is 10.7. The van der Waals surface area contributed by atoms with Crippen LogP contribution >= 0.6 is 0 Å². The molecule has 14 heavy (non-hydrogen) atoms. The molecule has 0 aromatic heterocycles. The number of likely N-dealkylation sites (N-methyl/N-ethyl adjacent to an activating group) is 1. The van der Waals surface area contributed by atoms with E-state index in [4.69, 9.17) is 10.00 Å². The van der Waals surface area contributed by atoms with Crippen molar-refractivity contribution in [2.75, 3.05) is 13.6 Å². The van der Waals surface area contributed by atoms with Gasteiger partial charge in [-0.05, 0) is 27.3 Å². The second-order valence-corrected chi connectivity index (χ2v) is 4.02. The van der Waals surface area contributed by atoms with Gasteiger partial charge >= 0.3 is 0 Å². The van der Waals surface area contributed by atoms with Crippen molar-refractivity contribution in [3.05, 3.63) is 0 Å². The van der Waals surface area contributed by atoms with E-state index in [9.17, 15) is 5.11 Å². The Labute approximate surface area is 85.1 Å². The number of rotatable bonds is 2. The van der Waals surface area contributed by atoms with Gasteiger partial charge in [-0.2, -0.15) is 5.26 Å². The third kappa shape index (κ3) is 2.44. The van der Waals surface area contributed by atoms with Crippen LogP contribution in [0.25, 0.3) is 0 Å². The predicted molar refractivity (Wildman–Crippen MR) is 52.7 cm³/mol. The highest BCUT2D eigenvalue weighted by atomic mass is 16.5. The van der Waals surface area contributed by atoms with Gasteiger partial charge in [0.05, 0.1) is 30.9 Å². The van der Waals surface area contributed by atoms with Gasteiger partial charge in [0.25, 0.3) is 0 Å². The summed E-state index contributed by atoms with van der Waals surface area (Å²) in [4.78, 5) is 1.89. The van der Waals surface area contributed by atoms with Crippen LogP contribution in [0.1, 0.15) is 20.3 Å². The lowest BCUT2D eigenvalue weighted by Gasteiger charge is -2.40. The Balaban J connectivity index is 2.62. The Kier molecular flexibility index (Phi) is 3.87. The molecule has 1 N–H and O–H groups in total. The van der Waals surface area contributed by atoms with Gasteiger partial charge in [-0.15, -0.1) is 0 Å². The third-order valence-corrected chi connectivity index (χ3v) is 2.78. The molecule has 4 nitrogen and oxygen atoms in total. The van der Waals surface area contributed by atoms with Crippen LogP contribution in [0.2, 0.25) is 0 Å². The molecule has 1 heterocycles. The molecule has 0 aromatic rings. The van der Waals surface area contributed by atoms with Crippen LogP contribution in [-0.2, 0) is 4.74 Å². The van der Waals surface area contributed by atoms with E-state index in [1.165, 1.54) is 0 Å². The van der Waals surface area contributed by atoms with Gasteiger partial charge in [-0.25, -0.2) is 0 Å². The van der Waals surface area contributed by atoms with Gasteiger partial charge in [0.15, 0.2) is 0 Å². The minimum atomic E-state index is -0.496. The Hall–Kier alpha value is -0.630. The topological polar surface area (TPSA) is 56.5 Å². The molecule has 1 aliphatic heterocycles. The summed E-state index contributed by atoms with van der Waals surface area (Å²) in [6, 6.07) is 2.12. The fourth-order valence-corrected chi connectivity index (χ4v) is 1.96. The SMILES string of the molecule is C[C@@H]1CC(N(C)CC#N)C(O)[C@H](C)O1. The van der Waals surface area contributed by atoms with Crippen molar-refractivity contribution < 1.29 is 9.84 Å². The molecule has 0 spiro atoms. The number of hydrogen-bond acceptors (Lipinski definition) is 4. The van der Waals surface area contributed by atoms with E-state index in [1.54, 1.807) is 0 Å². The summed E-state index contributed by atoms with van der Waals surface area (Å²) in [6.07, 6.45) is 0.290. The molecule has 0 radical (unpaired) electrons. The Morgan fingerprint density at radius 2 is 2.21 bits per heavy atom. The summed E-state index contributed by atoms with van der Waals surface area (Å²) in [5.41, 5.74) is 0. The van der Waals surface area contributed by atoms with E-state index in [-0.39, 0.29) is 18.2 Å². The molecular weight excluding hydrogens is 180 g/mol. The lowest BCUT2D eigenvalue weighted by Crippen LogP contribution is -2.53. The Morgan fingerprint density at radius 3 is 2.79 bits per heavy atom. The normalized spacial score (nSPS) is 38.3. The number of nitriles is 1. The molecule has 0 amide bonds. The average Bonchev–Trinajstić information content (AvgIpc) is 2.11. The summed E-state index contributed by atoms with van der Waals surface area (Å²) >= 11 is 0. The molecule has 0 saturated carbocycles. The van der Waals surface area contributed by atoms with Crippen LogP contribution < -0.4 is 0 Å². The molecule has 1 fully saturated rings. The van der Waals surface area contributed by atoms with Crippen molar-refractivity contribution in [2.24, 2.45) is 0 Å². The largest absolute Gasteiger partial charge is 0.389 e. The number of aliphatic hydroxyl groups is 1. The minimum Gasteiger partial charge on any atom is -0.389 e. The number of aliphatic hydroxyl groups excluding tert-OH is 1. The molecule has 0 aliphatic carbocycles. The highest BCUT2D eigenvalue weighted by Gasteiger charge is 2.35. The van der Waals surface area contributed by atoms with E-state index < -0.39 is 6.10 Å². The van der Waals surface area contributed by atoms with Crippen molar-refractivity contribution in [3.63, 3.8) is 0 Å². The maximum Gasteiger partial charge on any atom is 0.0955 e. The first-order chi connectivity index (χ1) is 6.56. The van der Waals surface area contributed by atoms with E-state index in [1.807, 2.05) is 25.8 Å². The van der Waals surface area contributed by atoms with Gasteiger partial charge in [0.2, 0.25) is 0 Å². The van der Waals surface area contributed by atoms with Gasteiger partial charge in [0.1, 0.15) is 0 Å². The van der Waals surface area contributed by atoms with Gasteiger partial charge < -0.3 is 9.84 Å². The van der Waals surface area contributed by atoms with Crippen LogP contribution in [-0.4, -0.2) is 48.0 Å². The fourth-order valence-electron chi connectivity index (χ4n) is 1.96. The molecule has 1 saturated heterocycles. The fraction of sp³-hybridized carbons (Fsp3) is 0.900. The molecular formula is C10H18N2O2. The van der Waals surface area contributed by atoms with Crippen molar-refractivity contribution in [2.45, 2.75) is 44.6 Å². The first-order valence-electron chi connectivity index (χ1n) is 4.97. The zero-order valence-corrected chi connectivity index (χ0v) is 8.97. The smallest absolute Gasteiger partial charge is 0.0955 e. The van der Waals surface area contributed by atoms with Gasteiger partial charge in [-0.1, -0.05) is 0 Å². The third-order valence-electron chi connectivity index (χ3n) is 2.78. The standard InChI is InChI=1S/C10H18N2O2/c1-7-6-9(12(3)5-4-11)10(13)8(2)14-7/h7-10,13H,5-6H2,1-3H3/t7-,8+,9?,10?/m1/s1.